The van der Waals surface area contributed by atoms with Gasteiger partial charge in [-0.05, 0) is 43.4 Å². The van der Waals surface area contributed by atoms with Crippen molar-refractivity contribution in [2.24, 2.45) is 23.2 Å². The fourth-order valence-electron chi connectivity index (χ4n) is 5.29. The van der Waals surface area contributed by atoms with Crippen LogP contribution < -0.4 is 9.47 Å². The first-order chi connectivity index (χ1) is 12.0. The number of fused-ring (bicyclic) bond motifs is 6. The molecule has 25 heavy (non-hydrogen) atoms. The Hall–Kier alpha value is -2.30. The minimum Gasteiger partial charge on any atom is -0.497 e. The predicted molar refractivity (Wildman–Crippen MR) is 90.2 cm³/mol. The number of amides is 2. The highest BCUT2D eigenvalue weighted by Gasteiger charge is 2.67. The lowest BCUT2D eigenvalue weighted by Gasteiger charge is -2.28. The summed E-state index contributed by atoms with van der Waals surface area (Å²) >= 11 is 0. The van der Waals surface area contributed by atoms with E-state index < -0.39 is 5.41 Å². The van der Waals surface area contributed by atoms with Crippen LogP contribution >= 0.6 is 0 Å². The standard InChI is InChI=1S/C20H21NO4/c1-20-13-4-3-11(7-13)17(20)18(22)21(19(20)23)10-15-9-12-8-14(24-2)5-6-16(12)25-15/h3-6,8,11,13,15,17H,7,9-10H2,1-2H3/t11-,13+,15?,17+,20+/m1/s1. The van der Waals surface area contributed by atoms with Gasteiger partial charge in [-0.15, -0.1) is 0 Å². The molecule has 0 aromatic heterocycles. The first kappa shape index (κ1) is 15.0. The normalized spacial score (nSPS) is 37.4. The smallest absolute Gasteiger partial charge is 0.236 e. The molecular formula is C20H21NO4. The van der Waals surface area contributed by atoms with Crippen LogP contribution in [0.25, 0.3) is 0 Å². The maximum absolute atomic E-state index is 13.1. The van der Waals surface area contributed by atoms with Crippen molar-refractivity contribution in [3.8, 4) is 11.5 Å². The lowest BCUT2D eigenvalue weighted by Crippen LogP contribution is -2.42. The van der Waals surface area contributed by atoms with E-state index in [0.717, 1.165) is 23.5 Å². The first-order valence-electron chi connectivity index (χ1n) is 8.90. The van der Waals surface area contributed by atoms with Crippen molar-refractivity contribution >= 4 is 11.8 Å². The van der Waals surface area contributed by atoms with Gasteiger partial charge in [0, 0.05) is 12.0 Å². The maximum atomic E-state index is 13.1. The summed E-state index contributed by atoms with van der Waals surface area (Å²) < 4.78 is 11.2. The van der Waals surface area contributed by atoms with Crippen molar-refractivity contribution in [1.29, 1.82) is 0 Å². The predicted octanol–water partition coefficient (Wildman–Crippen LogP) is 2.20. The number of benzene rings is 1. The molecule has 2 aliphatic carbocycles. The lowest BCUT2D eigenvalue weighted by atomic mass is 9.71. The number of carbonyl (C=O) groups excluding carboxylic acids is 2. The summed E-state index contributed by atoms with van der Waals surface area (Å²) in [5, 5.41) is 0. The molecule has 5 nitrogen and oxygen atoms in total. The van der Waals surface area contributed by atoms with Gasteiger partial charge < -0.3 is 9.47 Å². The molecule has 2 fully saturated rings. The third kappa shape index (κ3) is 1.84. The zero-order valence-corrected chi connectivity index (χ0v) is 14.4. The molecule has 2 amide bonds. The molecule has 1 aromatic carbocycles. The molecule has 5 rings (SSSR count). The number of hydrogen-bond donors (Lipinski definition) is 0. The number of methoxy groups -OCH3 is 1. The van der Waals surface area contributed by atoms with E-state index in [1.807, 2.05) is 25.1 Å². The van der Waals surface area contributed by atoms with Gasteiger partial charge in [0.15, 0.2) is 0 Å². The Balaban J connectivity index is 1.36. The molecule has 2 bridgehead atoms. The van der Waals surface area contributed by atoms with E-state index in [2.05, 4.69) is 12.2 Å². The van der Waals surface area contributed by atoms with E-state index in [0.29, 0.717) is 13.0 Å². The highest BCUT2D eigenvalue weighted by molar-refractivity contribution is 6.08. The third-order valence-electron chi connectivity index (χ3n) is 6.59. The second-order valence-corrected chi connectivity index (χ2v) is 7.82. The van der Waals surface area contributed by atoms with Crippen molar-refractivity contribution in [1.82, 2.24) is 4.90 Å². The molecule has 1 saturated heterocycles. The molecule has 4 aliphatic rings. The van der Waals surface area contributed by atoms with Crippen LogP contribution in [0.4, 0.5) is 0 Å². The van der Waals surface area contributed by atoms with Crippen molar-refractivity contribution in [3.63, 3.8) is 0 Å². The second kappa shape index (κ2) is 4.87. The van der Waals surface area contributed by atoms with Gasteiger partial charge in [-0.2, -0.15) is 0 Å². The quantitative estimate of drug-likeness (QED) is 0.626. The second-order valence-electron chi connectivity index (χ2n) is 7.82. The van der Waals surface area contributed by atoms with Crippen LogP contribution in [0.1, 0.15) is 18.9 Å². The summed E-state index contributed by atoms with van der Waals surface area (Å²) in [5.41, 5.74) is 0.516. The van der Waals surface area contributed by atoms with Gasteiger partial charge in [0.1, 0.15) is 17.6 Å². The van der Waals surface area contributed by atoms with E-state index in [9.17, 15) is 9.59 Å². The molecule has 130 valence electrons. The molecule has 0 N–H and O–H groups in total. The van der Waals surface area contributed by atoms with Crippen LogP contribution in [0.3, 0.4) is 0 Å². The van der Waals surface area contributed by atoms with Gasteiger partial charge in [-0.3, -0.25) is 14.5 Å². The number of allylic oxidation sites excluding steroid dienone is 2. The Morgan fingerprint density at radius 2 is 2.16 bits per heavy atom. The SMILES string of the molecule is COc1ccc2c(c1)CC(CN1C(=O)[C@@H]3[C@@H]4C=C[C@@H](C4)[C@]3(C)C1=O)O2. The van der Waals surface area contributed by atoms with Crippen LogP contribution in [0.5, 0.6) is 11.5 Å². The number of carbonyl (C=O) groups is 2. The number of nitrogens with zero attached hydrogens (tertiary/aromatic N) is 1. The molecule has 1 aromatic rings. The molecule has 2 heterocycles. The molecule has 1 saturated carbocycles. The lowest BCUT2D eigenvalue weighted by molar-refractivity contribution is -0.143. The minimum atomic E-state index is -0.550. The van der Waals surface area contributed by atoms with Crippen molar-refractivity contribution in [2.45, 2.75) is 25.9 Å². The molecule has 5 atom stereocenters. The topological polar surface area (TPSA) is 55.8 Å². The Kier molecular flexibility index (Phi) is 2.92. The Bertz CT molecular complexity index is 816. The Morgan fingerprint density at radius 1 is 1.32 bits per heavy atom. The average Bonchev–Trinajstić information content (AvgIpc) is 3.33. The number of hydrogen-bond acceptors (Lipinski definition) is 4. The van der Waals surface area contributed by atoms with Crippen molar-refractivity contribution < 1.29 is 19.1 Å². The summed E-state index contributed by atoms with van der Waals surface area (Å²) in [6.07, 6.45) is 5.71. The summed E-state index contributed by atoms with van der Waals surface area (Å²) in [4.78, 5) is 27.5. The van der Waals surface area contributed by atoms with Crippen LogP contribution in [-0.2, 0) is 16.0 Å². The van der Waals surface area contributed by atoms with Crippen LogP contribution in [0.15, 0.2) is 30.4 Å². The average molecular weight is 339 g/mol. The highest BCUT2D eigenvalue weighted by atomic mass is 16.5. The summed E-state index contributed by atoms with van der Waals surface area (Å²) in [6.45, 7) is 2.31. The fraction of sp³-hybridized carbons (Fsp3) is 0.500. The van der Waals surface area contributed by atoms with E-state index in [4.69, 9.17) is 9.47 Å². The van der Waals surface area contributed by atoms with Gasteiger partial charge in [-0.1, -0.05) is 12.2 Å². The van der Waals surface area contributed by atoms with Crippen LogP contribution in [0, 0.1) is 23.2 Å². The number of ether oxygens (including phenoxy) is 2. The van der Waals surface area contributed by atoms with Gasteiger partial charge in [0.25, 0.3) is 0 Å². The van der Waals surface area contributed by atoms with Gasteiger partial charge in [0.05, 0.1) is 25.0 Å². The monoisotopic (exact) mass is 339 g/mol. The largest absolute Gasteiger partial charge is 0.497 e. The summed E-state index contributed by atoms with van der Waals surface area (Å²) in [7, 11) is 1.64. The van der Waals surface area contributed by atoms with Crippen molar-refractivity contribution in [3.05, 3.63) is 35.9 Å². The molecule has 2 aliphatic heterocycles. The van der Waals surface area contributed by atoms with E-state index in [-0.39, 0.29) is 35.7 Å². The van der Waals surface area contributed by atoms with Gasteiger partial charge in [0.2, 0.25) is 11.8 Å². The Labute approximate surface area is 146 Å². The van der Waals surface area contributed by atoms with Crippen LogP contribution in [-0.4, -0.2) is 36.5 Å². The van der Waals surface area contributed by atoms with Crippen molar-refractivity contribution in [2.75, 3.05) is 13.7 Å². The molecular weight excluding hydrogens is 318 g/mol. The zero-order valence-electron chi connectivity index (χ0n) is 14.4. The van der Waals surface area contributed by atoms with Crippen LogP contribution in [0.2, 0.25) is 0 Å². The van der Waals surface area contributed by atoms with E-state index in [1.165, 1.54) is 4.90 Å². The van der Waals surface area contributed by atoms with E-state index >= 15 is 0 Å². The zero-order chi connectivity index (χ0) is 17.3. The molecule has 5 heteroatoms. The molecule has 1 unspecified atom stereocenters. The molecule has 0 spiro atoms. The molecule has 0 radical (unpaired) electrons. The summed E-state index contributed by atoms with van der Waals surface area (Å²) in [6, 6.07) is 5.72. The van der Waals surface area contributed by atoms with E-state index in [1.54, 1.807) is 7.11 Å². The van der Waals surface area contributed by atoms with Gasteiger partial charge in [-0.25, -0.2) is 0 Å². The first-order valence-corrected chi connectivity index (χ1v) is 8.90. The third-order valence-corrected chi connectivity index (χ3v) is 6.59. The highest BCUT2D eigenvalue weighted by Crippen LogP contribution is 2.60. The number of likely N-dealkylation sites (tertiary alicyclic amines) is 1. The number of imide groups is 1. The number of rotatable bonds is 3. The maximum Gasteiger partial charge on any atom is 0.236 e. The Morgan fingerprint density at radius 3 is 2.92 bits per heavy atom. The summed E-state index contributed by atoms with van der Waals surface area (Å²) in [5.74, 6) is 1.83. The van der Waals surface area contributed by atoms with Gasteiger partial charge >= 0.3 is 0 Å². The minimum absolute atomic E-state index is 0.0125. The fourth-order valence-corrected chi connectivity index (χ4v) is 5.29.